The standard InChI is InChI=1S/C6H12ClNO2/c1-5(2-3-9)8-6(10)4-7/h5,9H,2-4H2,1H3,(H,8,10)/t5-/m1/s1. The number of carbonyl (C=O) groups excluding carboxylic acids is 1. The Labute approximate surface area is 65.4 Å². The monoisotopic (exact) mass is 165 g/mol. The second kappa shape index (κ2) is 5.50. The van der Waals surface area contributed by atoms with Gasteiger partial charge in [0.05, 0.1) is 0 Å². The van der Waals surface area contributed by atoms with Gasteiger partial charge < -0.3 is 10.4 Å². The zero-order valence-corrected chi connectivity index (χ0v) is 6.69. The van der Waals surface area contributed by atoms with Gasteiger partial charge in [0.1, 0.15) is 5.88 Å². The third-order valence-corrected chi connectivity index (χ3v) is 1.33. The lowest BCUT2D eigenvalue weighted by Gasteiger charge is -2.09. The van der Waals surface area contributed by atoms with Crippen LogP contribution in [0.4, 0.5) is 0 Å². The Morgan fingerprint density at radius 2 is 2.40 bits per heavy atom. The van der Waals surface area contributed by atoms with Crippen LogP contribution in [-0.4, -0.2) is 29.5 Å². The van der Waals surface area contributed by atoms with Crippen LogP contribution in [0.25, 0.3) is 0 Å². The minimum absolute atomic E-state index is 0.0104. The summed E-state index contributed by atoms with van der Waals surface area (Å²) < 4.78 is 0. The Morgan fingerprint density at radius 1 is 1.80 bits per heavy atom. The minimum Gasteiger partial charge on any atom is -0.396 e. The van der Waals surface area contributed by atoms with Crippen molar-refractivity contribution in [2.75, 3.05) is 12.5 Å². The van der Waals surface area contributed by atoms with Crippen molar-refractivity contribution in [3.8, 4) is 0 Å². The highest BCUT2D eigenvalue weighted by atomic mass is 35.5. The van der Waals surface area contributed by atoms with Crippen LogP contribution in [0.5, 0.6) is 0 Å². The predicted octanol–water partition coefficient (Wildman–Crippen LogP) is 0.112. The summed E-state index contributed by atoms with van der Waals surface area (Å²) in [4.78, 5) is 10.6. The lowest BCUT2D eigenvalue weighted by atomic mass is 10.2. The van der Waals surface area contributed by atoms with E-state index in [1.54, 1.807) is 0 Å². The van der Waals surface area contributed by atoms with Crippen molar-refractivity contribution in [1.82, 2.24) is 5.32 Å². The molecule has 0 radical (unpaired) electrons. The largest absolute Gasteiger partial charge is 0.396 e. The van der Waals surface area contributed by atoms with Gasteiger partial charge in [0.2, 0.25) is 5.91 Å². The SMILES string of the molecule is C[C@H](CCO)NC(=O)CCl. The normalized spacial score (nSPS) is 12.7. The van der Waals surface area contributed by atoms with Crippen LogP contribution < -0.4 is 5.32 Å². The van der Waals surface area contributed by atoms with Crippen LogP contribution >= 0.6 is 11.6 Å². The summed E-state index contributed by atoms with van der Waals surface area (Å²) in [5.41, 5.74) is 0. The second-order valence-corrected chi connectivity index (χ2v) is 2.38. The highest BCUT2D eigenvalue weighted by molar-refractivity contribution is 6.27. The highest BCUT2D eigenvalue weighted by Crippen LogP contribution is 1.88. The lowest BCUT2D eigenvalue weighted by Crippen LogP contribution is -2.33. The van der Waals surface area contributed by atoms with E-state index in [9.17, 15) is 4.79 Å². The van der Waals surface area contributed by atoms with E-state index in [1.807, 2.05) is 6.92 Å². The number of rotatable bonds is 4. The van der Waals surface area contributed by atoms with Gasteiger partial charge in [0.15, 0.2) is 0 Å². The van der Waals surface area contributed by atoms with Gasteiger partial charge in [0.25, 0.3) is 0 Å². The number of amides is 1. The maximum atomic E-state index is 10.6. The second-order valence-electron chi connectivity index (χ2n) is 2.11. The Kier molecular flexibility index (Phi) is 5.35. The predicted molar refractivity (Wildman–Crippen MR) is 40.0 cm³/mol. The molecule has 0 aromatic rings. The third-order valence-electron chi connectivity index (χ3n) is 1.09. The van der Waals surface area contributed by atoms with Gasteiger partial charge in [-0.3, -0.25) is 4.79 Å². The molecule has 60 valence electrons. The molecule has 10 heavy (non-hydrogen) atoms. The molecule has 0 spiro atoms. The first kappa shape index (κ1) is 9.72. The molecule has 1 atom stereocenters. The fourth-order valence-corrected chi connectivity index (χ4v) is 0.656. The zero-order chi connectivity index (χ0) is 7.98. The molecule has 0 aliphatic rings. The summed E-state index contributed by atoms with van der Waals surface area (Å²) in [6.45, 7) is 1.91. The molecule has 0 unspecified atom stereocenters. The molecule has 0 saturated heterocycles. The van der Waals surface area contributed by atoms with Crippen molar-refractivity contribution in [3.63, 3.8) is 0 Å². The molecule has 2 N–H and O–H groups in total. The summed E-state index contributed by atoms with van der Waals surface area (Å²) in [5.74, 6) is -0.210. The van der Waals surface area contributed by atoms with Crippen LogP contribution in [-0.2, 0) is 4.79 Å². The summed E-state index contributed by atoms with van der Waals surface area (Å²) in [6, 6.07) is 0.0104. The molecule has 0 heterocycles. The molecular weight excluding hydrogens is 154 g/mol. The molecule has 0 aliphatic heterocycles. The van der Waals surface area contributed by atoms with E-state index in [-0.39, 0.29) is 24.4 Å². The number of carbonyl (C=O) groups is 1. The Morgan fingerprint density at radius 3 is 2.80 bits per heavy atom. The summed E-state index contributed by atoms with van der Waals surface area (Å²) in [5, 5.41) is 11.0. The average Bonchev–Trinajstić information content (AvgIpc) is 1.88. The smallest absolute Gasteiger partial charge is 0.235 e. The van der Waals surface area contributed by atoms with Gasteiger partial charge in [-0.2, -0.15) is 0 Å². The van der Waals surface area contributed by atoms with Gasteiger partial charge in [-0.1, -0.05) is 0 Å². The van der Waals surface area contributed by atoms with Crippen molar-refractivity contribution in [3.05, 3.63) is 0 Å². The van der Waals surface area contributed by atoms with E-state index >= 15 is 0 Å². The third kappa shape index (κ3) is 4.58. The summed E-state index contributed by atoms with van der Waals surface area (Å²) >= 11 is 5.22. The van der Waals surface area contributed by atoms with E-state index in [1.165, 1.54) is 0 Å². The van der Waals surface area contributed by atoms with E-state index < -0.39 is 0 Å². The highest BCUT2D eigenvalue weighted by Gasteiger charge is 2.03. The number of nitrogens with one attached hydrogen (secondary N) is 1. The van der Waals surface area contributed by atoms with E-state index in [0.29, 0.717) is 6.42 Å². The number of aliphatic hydroxyl groups is 1. The Bertz CT molecular complexity index is 108. The first-order valence-corrected chi connectivity index (χ1v) is 3.70. The molecule has 0 fully saturated rings. The fourth-order valence-electron chi connectivity index (χ4n) is 0.579. The molecule has 0 aromatic carbocycles. The molecule has 0 aromatic heterocycles. The maximum Gasteiger partial charge on any atom is 0.235 e. The number of halogens is 1. The topological polar surface area (TPSA) is 49.3 Å². The molecule has 3 nitrogen and oxygen atoms in total. The summed E-state index contributed by atoms with van der Waals surface area (Å²) in [6.07, 6.45) is 0.572. The molecule has 0 aliphatic carbocycles. The van der Waals surface area contributed by atoms with Crippen LogP contribution in [0.15, 0.2) is 0 Å². The van der Waals surface area contributed by atoms with Crippen molar-refractivity contribution in [2.24, 2.45) is 0 Å². The fraction of sp³-hybridized carbons (Fsp3) is 0.833. The zero-order valence-electron chi connectivity index (χ0n) is 5.93. The first-order chi connectivity index (χ1) is 4.70. The molecule has 0 rings (SSSR count). The average molecular weight is 166 g/mol. The number of aliphatic hydroxyl groups excluding tert-OH is 1. The number of alkyl halides is 1. The lowest BCUT2D eigenvalue weighted by molar-refractivity contribution is -0.119. The molecule has 1 amide bonds. The Balaban J connectivity index is 3.37. The van der Waals surface area contributed by atoms with Crippen molar-refractivity contribution >= 4 is 17.5 Å². The molecule has 4 heteroatoms. The van der Waals surface area contributed by atoms with Crippen LogP contribution in [0.1, 0.15) is 13.3 Å². The van der Waals surface area contributed by atoms with E-state index in [2.05, 4.69) is 5.32 Å². The van der Waals surface area contributed by atoms with Crippen LogP contribution in [0, 0.1) is 0 Å². The van der Waals surface area contributed by atoms with Gasteiger partial charge in [-0.25, -0.2) is 0 Å². The number of hydrogen-bond acceptors (Lipinski definition) is 2. The summed E-state index contributed by atoms with van der Waals surface area (Å²) in [7, 11) is 0. The van der Waals surface area contributed by atoms with Gasteiger partial charge >= 0.3 is 0 Å². The van der Waals surface area contributed by atoms with Crippen molar-refractivity contribution < 1.29 is 9.90 Å². The van der Waals surface area contributed by atoms with E-state index in [4.69, 9.17) is 16.7 Å². The quantitative estimate of drug-likeness (QED) is 0.581. The first-order valence-electron chi connectivity index (χ1n) is 3.17. The van der Waals surface area contributed by atoms with Crippen molar-refractivity contribution in [2.45, 2.75) is 19.4 Å². The molecular formula is C6H12ClNO2. The van der Waals surface area contributed by atoms with Crippen molar-refractivity contribution in [1.29, 1.82) is 0 Å². The number of hydrogen-bond donors (Lipinski definition) is 2. The molecule has 0 saturated carbocycles. The van der Waals surface area contributed by atoms with Gasteiger partial charge in [-0.05, 0) is 13.3 Å². The maximum absolute atomic E-state index is 10.6. The van der Waals surface area contributed by atoms with Crippen LogP contribution in [0.2, 0.25) is 0 Å². The molecule has 0 bridgehead atoms. The van der Waals surface area contributed by atoms with E-state index in [0.717, 1.165) is 0 Å². The van der Waals surface area contributed by atoms with Gasteiger partial charge in [-0.15, -0.1) is 11.6 Å². The van der Waals surface area contributed by atoms with Gasteiger partial charge in [0, 0.05) is 12.6 Å². The Hall–Kier alpha value is -0.280. The van der Waals surface area contributed by atoms with Crippen LogP contribution in [0.3, 0.4) is 0 Å². The minimum atomic E-state index is -0.192.